The van der Waals surface area contributed by atoms with Crippen molar-refractivity contribution in [2.24, 2.45) is 0 Å². The Labute approximate surface area is 143 Å². The van der Waals surface area contributed by atoms with Crippen molar-refractivity contribution in [3.05, 3.63) is 72.8 Å². The molecule has 0 aliphatic carbocycles. The van der Waals surface area contributed by atoms with E-state index in [1.165, 1.54) is 38.0 Å². The summed E-state index contributed by atoms with van der Waals surface area (Å²) in [5.74, 6) is 1.33. The summed E-state index contributed by atoms with van der Waals surface area (Å²) in [6, 6.07) is 26.1. The minimum atomic E-state index is 0.280. The highest BCUT2D eigenvalue weighted by molar-refractivity contribution is 7.49. The smallest absolute Gasteiger partial charge is 0.128 e. The summed E-state index contributed by atoms with van der Waals surface area (Å²) in [4.78, 5) is 0. The lowest BCUT2D eigenvalue weighted by atomic mass is 9.92. The van der Waals surface area contributed by atoms with E-state index in [0.717, 1.165) is 5.75 Å². The molecular weight excluding hydrogens is 311 g/mol. The summed E-state index contributed by atoms with van der Waals surface area (Å²) >= 11 is 0. The van der Waals surface area contributed by atoms with Crippen molar-refractivity contribution in [2.45, 2.75) is 12.8 Å². The monoisotopic (exact) mass is 328 g/mol. The third-order valence-corrected chi connectivity index (χ3v) is 6.05. The normalized spacial score (nSPS) is 17.3. The van der Waals surface area contributed by atoms with Gasteiger partial charge in [-0.3, -0.25) is 0 Å². The highest BCUT2D eigenvalue weighted by Crippen LogP contribution is 2.42. The van der Waals surface area contributed by atoms with Crippen LogP contribution in [0.1, 0.15) is 6.92 Å². The van der Waals surface area contributed by atoms with Crippen LogP contribution >= 0.6 is 8.58 Å². The first-order valence-corrected chi connectivity index (χ1v) is 9.36. The van der Waals surface area contributed by atoms with Crippen LogP contribution in [0.2, 0.25) is 0 Å². The fraction of sp³-hybridized carbons (Fsp3) is 0.0909. The zero-order chi connectivity index (χ0) is 16.1. The van der Waals surface area contributed by atoms with Crippen molar-refractivity contribution in [1.82, 2.24) is 0 Å². The average molecular weight is 328 g/mol. The zero-order valence-corrected chi connectivity index (χ0v) is 14.4. The van der Waals surface area contributed by atoms with Gasteiger partial charge in [0, 0.05) is 5.30 Å². The number of rotatable bonds is 1. The highest BCUT2D eigenvalue weighted by Gasteiger charge is 2.23. The Morgan fingerprint density at radius 1 is 0.792 bits per heavy atom. The van der Waals surface area contributed by atoms with Gasteiger partial charge in [0.05, 0.1) is 0 Å². The Bertz CT molecular complexity index is 1030. The fourth-order valence-electron chi connectivity index (χ4n) is 3.71. The molecule has 1 aliphatic rings. The molecule has 0 amide bonds. The van der Waals surface area contributed by atoms with Gasteiger partial charge in [0.1, 0.15) is 11.6 Å². The maximum absolute atomic E-state index is 6.01. The maximum Gasteiger partial charge on any atom is 0.128 e. The Balaban J connectivity index is 1.94. The molecule has 5 rings (SSSR count). The quantitative estimate of drug-likeness (QED) is 0.321. The third kappa shape index (κ3) is 2.05. The van der Waals surface area contributed by atoms with Crippen molar-refractivity contribution in [3.8, 4) is 16.9 Å². The summed E-state index contributed by atoms with van der Waals surface area (Å²) < 4.78 is 6.01. The Hall–Kier alpha value is -2.37. The van der Waals surface area contributed by atoms with Crippen LogP contribution in [0.15, 0.2) is 72.8 Å². The van der Waals surface area contributed by atoms with Crippen LogP contribution in [-0.2, 0) is 0 Å². The van der Waals surface area contributed by atoms with Crippen LogP contribution in [0.25, 0.3) is 32.7 Å². The molecule has 2 unspecified atom stereocenters. The van der Waals surface area contributed by atoms with Crippen LogP contribution in [0.5, 0.6) is 5.75 Å². The number of hydrogen-bond acceptors (Lipinski definition) is 1. The Kier molecular flexibility index (Phi) is 3.11. The first kappa shape index (κ1) is 14.0. The molecule has 0 radical (unpaired) electrons. The van der Waals surface area contributed by atoms with Crippen molar-refractivity contribution < 1.29 is 4.74 Å². The lowest BCUT2D eigenvalue weighted by Gasteiger charge is -2.14. The van der Waals surface area contributed by atoms with Gasteiger partial charge in [-0.1, -0.05) is 60.7 Å². The number of benzene rings is 4. The number of hydrogen-bond donors (Lipinski definition) is 0. The van der Waals surface area contributed by atoms with E-state index in [1.807, 2.05) is 0 Å². The summed E-state index contributed by atoms with van der Waals surface area (Å²) in [6.45, 7) is 2.16. The topological polar surface area (TPSA) is 9.23 Å². The molecule has 2 heteroatoms. The van der Waals surface area contributed by atoms with Crippen LogP contribution in [-0.4, -0.2) is 5.85 Å². The van der Waals surface area contributed by atoms with Gasteiger partial charge in [-0.15, -0.1) is 0 Å². The van der Waals surface area contributed by atoms with Gasteiger partial charge < -0.3 is 4.74 Å². The molecule has 0 fully saturated rings. The molecule has 24 heavy (non-hydrogen) atoms. The molecule has 1 nitrogen and oxygen atoms in total. The minimum Gasteiger partial charge on any atom is -0.486 e. The highest BCUT2D eigenvalue weighted by atomic mass is 31.1. The summed E-state index contributed by atoms with van der Waals surface area (Å²) in [6.07, 6.45) is 0. The predicted octanol–water partition coefficient (Wildman–Crippen LogP) is 5.70. The lowest BCUT2D eigenvalue weighted by molar-refractivity contribution is 0.317. The van der Waals surface area contributed by atoms with Crippen LogP contribution < -0.4 is 10.0 Å². The molecule has 0 saturated heterocycles. The van der Waals surface area contributed by atoms with E-state index in [1.54, 1.807) is 0 Å². The number of fused-ring (bicyclic) bond motifs is 3. The molecule has 116 valence electrons. The molecule has 1 aliphatic heterocycles. The van der Waals surface area contributed by atoms with Crippen molar-refractivity contribution in [1.29, 1.82) is 0 Å². The van der Waals surface area contributed by atoms with Gasteiger partial charge in [-0.25, -0.2) is 0 Å². The summed E-state index contributed by atoms with van der Waals surface area (Å²) in [7, 11) is 0.698. The Morgan fingerprint density at radius 3 is 2.17 bits per heavy atom. The van der Waals surface area contributed by atoms with E-state index in [9.17, 15) is 0 Å². The second-order valence-corrected chi connectivity index (χ2v) is 7.88. The second-order valence-electron chi connectivity index (χ2n) is 6.28. The summed E-state index contributed by atoms with van der Waals surface area (Å²) in [5, 5.41) is 6.58. The van der Waals surface area contributed by atoms with Crippen LogP contribution in [0.4, 0.5) is 0 Å². The molecule has 0 bridgehead atoms. The molecule has 4 aromatic rings. The SMILES string of the molecule is CC1Oc2cccc(-c3c4ccccc4cc4ccccc34)c2P1. The Morgan fingerprint density at radius 2 is 1.46 bits per heavy atom. The zero-order valence-electron chi connectivity index (χ0n) is 13.4. The van der Waals surface area contributed by atoms with E-state index >= 15 is 0 Å². The molecule has 2 atom stereocenters. The third-order valence-electron chi connectivity index (χ3n) is 4.72. The minimum absolute atomic E-state index is 0.280. The molecule has 4 aromatic carbocycles. The molecule has 0 N–H and O–H groups in total. The lowest BCUT2D eigenvalue weighted by Crippen LogP contribution is -1.99. The van der Waals surface area contributed by atoms with Gasteiger partial charge >= 0.3 is 0 Å². The van der Waals surface area contributed by atoms with Gasteiger partial charge in [0.2, 0.25) is 0 Å². The first-order valence-electron chi connectivity index (χ1n) is 8.28. The average Bonchev–Trinajstić information content (AvgIpc) is 3.00. The molecule has 1 heterocycles. The van der Waals surface area contributed by atoms with E-state index in [0.29, 0.717) is 8.58 Å². The molecule has 0 aromatic heterocycles. The van der Waals surface area contributed by atoms with E-state index < -0.39 is 0 Å². The van der Waals surface area contributed by atoms with Gasteiger partial charge in [-0.05, 0) is 60.3 Å². The number of ether oxygens (including phenoxy) is 1. The predicted molar refractivity (Wildman–Crippen MR) is 105 cm³/mol. The molecule has 0 saturated carbocycles. The van der Waals surface area contributed by atoms with Crippen LogP contribution in [0, 0.1) is 0 Å². The van der Waals surface area contributed by atoms with Crippen LogP contribution in [0.3, 0.4) is 0 Å². The van der Waals surface area contributed by atoms with E-state index in [2.05, 4.69) is 79.7 Å². The summed E-state index contributed by atoms with van der Waals surface area (Å²) in [5.41, 5.74) is 2.66. The van der Waals surface area contributed by atoms with Crippen molar-refractivity contribution in [3.63, 3.8) is 0 Å². The fourth-order valence-corrected chi connectivity index (χ4v) is 4.95. The van der Waals surface area contributed by atoms with Gasteiger partial charge in [-0.2, -0.15) is 0 Å². The molecular formula is C22H17OP. The first-order chi connectivity index (χ1) is 11.8. The van der Waals surface area contributed by atoms with Crippen molar-refractivity contribution >= 4 is 35.4 Å². The maximum atomic E-state index is 6.01. The second kappa shape index (κ2) is 5.33. The molecule has 0 spiro atoms. The van der Waals surface area contributed by atoms with E-state index in [-0.39, 0.29) is 5.85 Å². The largest absolute Gasteiger partial charge is 0.486 e. The van der Waals surface area contributed by atoms with Gasteiger partial charge in [0.15, 0.2) is 0 Å². The van der Waals surface area contributed by atoms with Gasteiger partial charge in [0.25, 0.3) is 0 Å². The van der Waals surface area contributed by atoms with E-state index in [4.69, 9.17) is 4.74 Å². The standard InChI is InChI=1S/C22H17OP/c1-14-23-20-12-6-11-19(22(20)24-14)21-17-9-4-2-7-15(17)13-16-8-3-5-10-18(16)21/h2-14,24H,1H3. The van der Waals surface area contributed by atoms with Crippen molar-refractivity contribution in [2.75, 3.05) is 0 Å².